The average molecular weight is 177 g/mol. The minimum Gasteiger partial charge on any atom is -0.337 e. The lowest BCUT2D eigenvalue weighted by Gasteiger charge is -2.23. The molecule has 0 radical (unpaired) electrons. The summed E-state index contributed by atoms with van der Waals surface area (Å²) in [5, 5.41) is 0. The van der Waals surface area contributed by atoms with Gasteiger partial charge in [0.2, 0.25) is 6.41 Å². The third-order valence-electron chi connectivity index (χ3n) is 2.28. The molecule has 2 nitrogen and oxygen atoms in total. The fraction of sp³-hybridized carbons (Fsp3) is 0.875. The van der Waals surface area contributed by atoms with Crippen molar-refractivity contribution in [3.8, 4) is 0 Å². The van der Waals surface area contributed by atoms with Crippen molar-refractivity contribution in [1.82, 2.24) is 4.90 Å². The van der Waals surface area contributed by atoms with E-state index >= 15 is 0 Å². The highest BCUT2D eigenvalue weighted by atomic mass is 19.3. The molecule has 4 heteroatoms. The zero-order valence-corrected chi connectivity index (χ0v) is 6.88. The monoisotopic (exact) mass is 177 g/mol. The van der Waals surface area contributed by atoms with E-state index in [0.29, 0.717) is 6.41 Å². The van der Waals surface area contributed by atoms with Gasteiger partial charge in [-0.2, -0.15) is 0 Å². The minimum absolute atomic E-state index is 0.0662. The van der Waals surface area contributed by atoms with Gasteiger partial charge in [0.1, 0.15) is 0 Å². The number of amides is 1. The van der Waals surface area contributed by atoms with Crippen LogP contribution in [0.1, 0.15) is 25.7 Å². The summed E-state index contributed by atoms with van der Waals surface area (Å²) in [6.07, 6.45) is 2.01. The summed E-state index contributed by atoms with van der Waals surface area (Å²) < 4.78 is 23.8. The van der Waals surface area contributed by atoms with Crippen LogP contribution in [0, 0.1) is 0 Å². The van der Waals surface area contributed by atoms with Crippen LogP contribution in [0.2, 0.25) is 0 Å². The summed E-state index contributed by atoms with van der Waals surface area (Å²) in [5.74, 6) is 0. The Hall–Kier alpha value is -0.670. The Labute approximate surface area is 70.5 Å². The van der Waals surface area contributed by atoms with Crippen LogP contribution in [0.5, 0.6) is 0 Å². The van der Waals surface area contributed by atoms with E-state index in [1.54, 1.807) is 0 Å². The number of carbonyl (C=O) groups is 1. The summed E-state index contributed by atoms with van der Waals surface area (Å²) in [4.78, 5) is 11.7. The van der Waals surface area contributed by atoms with Crippen LogP contribution < -0.4 is 0 Å². The molecule has 0 aliphatic heterocycles. The van der Waals surface area contributed by atoms with Crippen molar-refractivity contribution in [2.75, 3.05) is 6.54 Å². The van der Waals surface area contributed by atoms with Gasteiger partial charge in [-0.15, -0.1) is 0 Å². The largest absolute Gasteiger partial charge is 0.337 e. The van der Waals surface area contributed by atoms with Crippen LogP contribution in [0.3, 0.4) is 0 Å². The Morgan fingerprint density at radius 3 is 2.42 bits per heavy atom. The maximum absolute atomic E-state index is 11.9. The van der Waals surface area contributed by atoms with E-state index in [2.05, 4.69) is 0 Å². The van der Waals surface area contributed by atoms with Gasteiger partial charge in [-0.05, 0) is 12.8 Å². The number of carbonyl (C=O) groups excluding carboxylic acids is 1. The second-order valence-electron chi connectivity index (χ2n) is 3.13. The van der Waals surface area contributed by atoms with E-state index in [0.717, 1.165) is 25.7 Å². The predicted molar refractivity (Wildman–Crippen MR) is 41.0 cm³/mol. The first-order chi connectivity index (χ1) is 5.74. The normalized spacial score (nSPS) is 18.6. The van der Waals surface area contributed by atoms with Crippen LogP contribution in [-0.2, 0) is 4.79 Å². The van der Waals surface area contributed by atoms with Crippen LogP contribution in [0.4, 0.5) is 8.78 Å². The summed E-state index contributed by atoms with van der Waals surface area (Å²) in [6.45, 7) is -0.409. The van der Waals surface area contributed by atoms with Crippen molar-refractivity contribution in [2.24, 2.45) is 0 Å². The third kappa shape index (κ3) is 2.43. The Bertz CT molecular complexity index is 146. The van der Waals surface area contributed by atoms with Gasteiger partial charge in [-0.3, -0.25) is 4.79 Å². The molecule has 1 amide bonds. The highest BCUT2D eigenvalue weighted by Crippen LogP contribution is 2.22. The van der Waals surface area contributed by atoms with Crippen molar-refractivity contribution >= 4 is 6.41 Å². The summed E-state index contributed by atoms with van der Waals surface area (Å²) >= 11 is 0. The summed E-state index contributed by atoms with van der Waals surface area (Å²) in [6, 6.07) is 0.0662. The van der Waals surface area contributed by atoms with Gasteiger partial charge >= 0.3 is 0 Å². The maximum atomic E-state index is 11.9. The van der Waals surface area contributed by atoms with Gasteiger partial charge in [0.15, 0.2) is 0 Å². The van der Waals surface area contributed by atoms with E-state index in [9.17, 15) is 13.6 Å². The van der Waals surface area contributed by atoms with E-state index in [4.69, 9.17) is 0 Å². The summed E-state index contributed by atoms with van der Waals surface area (Å²) in [7, 11) is 0. The Kier molecular flexibility index (Phi) is 3.44. The van der Waals surface area contributed by atoms with E-state index < -0.39 is 13.0 Å². The molecule has 1 aliphatic carbocycles. The Morgan fingerprint density at radius 1 is 1.42 bits per heavy atom. The van der Waals surface area contributed by atoms with Gasteiger partial charge < -0.3 is 4.90 Å². The fourth-order valence-corrected chi connectivity index (χ4v) is 1.67. The van der Waals surface area contributed by atoms with Crippen molar-refractivity contribution in [3.63, 3.8) is 0 Å². The lowest BCUT2D eigenvalue weighted by atomic mass is 10.2. The smallest absolute Gasteiger partial charge is 0.255 e. The van der Waals surface area contributed by atoms with Crippen molar-refractivity contribution in [1.29, 1.82) is 0 Å². The zero-order chi connectivity index (χ0) is 8.97. The van der Waals surface area contributed by atoms with Gasteiger partial charge in [-0.25, -0.2) is 8.78 Å². The highest BCUT2D eigenvalue weighted by Gasteiger charge is 2.23. The van der Waals surface area contributed by atoms with E-state index in [1.807, 2.05) is 0 Å². The Balaban J connectivity index is 2.37. The van der Waals surface area contributed by atoms with Crippen molar-refractivity contribution < 1.29 is 13.6 Å². The van der Waals surface area contributed by atoms with Crippen molar-refractivity contribution in [3.05, 3.63) is 0 Å². The first-order valence-electron chi connectivity index (χ1n) is 4.23. The molecule has 0 spiro atoms. The van der Waals surface area contributed by atoms with Crippen LogP contribution >= 0.6 is 0 Å². The van der Waals surface area contributed by atoms with E-state index in [-0.39, 0.29) is 6.04 Å². The second-order valence-corrected chi connectivity index (χ2v) is 3.13. The number of hydrogen-bond donors (Lipinski definition) is 0. The molecule has 12 heavy (non-hydrogen) atoms. The molecule has 0 saturated heterocycles. The number of alkyl halides is 2. The minimum atomic E-state index is -2.41. The van der Waals surface area contributed by atoms with Crippen LogP contribution in [0.25, 0.3) is 0 Å². The predicted octanol–water partition coefficient (Wildman–Crippen LogP) is 1.65. The topological polar surface area (TPSA) is 20.3 Å². The third-order valence-corrected chi connectivity index (χ3v) is 2.28. The molecule has 0 unspecified atom stereocenters. The standard InChI is InChI=1S/C8H13F2NO/c9-8(10)5-11(6-12)7-3-1-2-4-7/h6-8H,1-5H2. The van der Waals surface area contributed by atoms with Gasteiger partial charge in [0.05, 0.1) is 6.54 Å². The first kappa shape index (κ1) is 9.42. The molecule has 1 aliphatic rings. The average Bonchev–Trinajstić information content (AvgIpc) is 2.51. The Morgan fingerprint density at radius 2 is 2.00 bits per heavy atom. The molecule has 1 rings (SSSR count). The molecule has 0 aromatic heterocycles. The molecule has 0 atom stereocenters. The maximum Gasteiger partial charge on any atom is 0.255 e. The molecule has 0 aromatic carbocycles. The zero-order valence-electron chi connectivity index (χ0n) is 6.88. The van der Waals surface area contributed by atoms with Gasteiger partial charge in [0, 0.05) is 6.04 Å². The second kappa shape index (κ2) is 4.38. The number of nitrogens with zero attached hydrogens (tertiary/aromatic N) is 1. The molecule has 0 heterocycles. The van der Waals surface area contributed by atoms with Crippen LogP contribution in [-0.4, -0.2) is 30.3 Å². The molecular formula is C8H13F2NO. The number of rotatable bonds is 4. The van der Waals surface area contributed by atoms with Crippen LogP contribution in [0.15, 0.2) is 0 Å². The lowest BCUT2D eigenvalue weighted by Crippen LogP contribution is -2.35. The quantitative estimate of drug-likeness (QED) is 0.598. The SMILES string of the molecule is O=CN(CC(F)F)C1CCCC1. The van der Waals surface area contributed by atoms with E-state index in [1.165, 1.54) is 4.90 Å². The molecule has 0 N–H and O–H groups in total. The van der Waals surface area contributed by atoms with Gasteiger partial charge in [0.25, 0.3) is 6.43 Å². The highest BCUT2D eigenvalue weighted by molar-refractivity contribution is 5.47. The molecular weight excluding hydrogens is 164 g/mol. The summed E-state index contributed by atoms with van der Waals surface area (Å²) in [5.41, 5.74) is 0. The van der Waals surface area contributed by atoms with Gasteiger partial charge in [-0.1, -0.05) is 12.8 Å². The molecule has 70 valence electrons. The first-order valence-corrected chi connectivity index (χ1v) is 4.23. The van der Waals surface area contributed by atoms with Crippen molar-refractivity contribution in [2.45, 2.75) is 38.2 Å². The molecule has 1 saturated carbocycles. The molecule has 0 aromatic rings. The fourth-order valence-electron chi connectivity index (χ4n) is 1.67. The molecule has 0 bridgehead atoms. The lowest BCUT2D eigenvalue weighted by molar-refractivity contribution is -0.122. The molecule has 1 fully saturated rings. The number of hydrogen-bond acceptors (Lipinski definition) is 1. The number of halogens is 2.